The number of hydrogen-bond donors (Lipinski definition) is 2. The number of rotatable bonds is 5. The maximum absolute atomic E-state index is 12.7. The van der Waals surface area contributed by atoms with E-state index >= 15 is 0 Å². The van der Waals surface area contributed by atoms with Crippen LogP contribution in [0.3, 0.4) is 0 Å². The molecule has 7 rings (SSSR count). The van der Waals surface area contributed by atoms with Crippen LogP contribution in [0.4, 0.5) is 0 Å². The van der Waals surface area contributed by atoms with Crippen molar-refractivity contribution in [2.24, 2.45) is 10.8 Å². The number of ether oxygens (including phenoxy) is 2. The number of hydrogen-bond acceptors (Lipinski definition) is 8. The van der Waals surface area contributed by atoms with Crippen LogP contribution in [-0.4, -0.2) is 28.0 Å². The summed E-state index contributed by atoms with van der Waals surface area (Å²) in [6.07, 6.45) is 9.15. The summed E-state index contributed by atoms with van der Waals surface area (Å²) in [4.78, 5) is 42.9. The van der Waals surface area contributed by atoms with Gasteiger partial charge in [-0.3, -0.25) is 14.4 Å². The number of nitrogens with one attached hydrogen (secondary N) is 1. The van der Waals surface area contributed by atoms with E-state index in [2.05, 4.69) is 22.6 Å². The van der Waals surface area contributed by atoms with E-state index in [0.717, 1.165) is 40.3 Å². The molecule has 10 heteroatoms. The third-order valence-electron chi connectivity index (χ3n) is 8.62. The van der Waals surface area contributed by atoms with Crippen molar-refractivity contribution in [3.8, 4) is 34.0 Å². The van der Waals surface area contributed by atoms with Gasteiger partial charge in [-0.25, -0.2) is 0 Å². The monoisotopic (exact) mass is 930 g/mol. The second-order valence-corrected chi connectivity index (χ2v) is 14.9. The number of benzene rings is 3. The average Bonchev–Trinajstić information content (AvgIpc) is 3.17. The van der Waals surface area contributed by atoms with Crippen molar-refractivity contribution in [3.63, 3.8) is 0 Å². The quantitative estimate of drug-likeness (QED) is 0.0757. The standard InChI is InChI=1S/C19H12NO3.C16H13NO2.C11H20O2.Ir/c1-22-13-8-9-20-16(11-13)12-6-7-18-15(10-12)19(21)14-4-2-3-5-17(14)23-18;1-2-14-5-3-12-9-11(4-6-16(12)19-14)15-10-13(18)7-8-17-15;1-10(2,3)8(12)7-9(13)11(4,5)6;/h2-5,7-11H,1H3;2,4-10H,1,3H2,(H,17,18);7,12H,1-6H3;/q-1;;;. The molecule has 0 atom stereocenters. The number of para-hydroxylation sites is 1. The van der Waals surface area contributed by atoms with Crippen LogP contribution in [0.25, 0.3) is 44.5 Å². The van der Waals surface area contributed by atoms with Crippen molar-refractivity contribution >= 4 is 27.7 Å². The fraction of sp³-hybridized carbons (Fsp3) is 0.217. The summed E-state index contributed by atoms with van der Waals surface area (Å²) < 4.78 is 16.7. The molecule has 0 fully saturated rings. The third-order valence-corrected chi connectivity index (χ3v) is 8.62. The van der Waals surface area contributed by atoms with Gasteiger partial charge in [0.25, 0.3) is 0 Å². The van der Waals surface area contributed by atoms with Crippen molar-refractivity contribution in [3.05, 3.63) is 160 Å². The fourth-order valence-electron chi connectivity index (χ4n) is 5.26. The predicted octanol–water partition coefficient (Wildman–Crippen LogP) is 9.95. The molecule has 1 aliphatic heterocycles. The normalized spacial score (nSPS) is 12.3. The van der Waals surface area contributed by atoms with E-state index in [1.807, 2.05) is 78.0 Å². The van der Waals surface area contributed by atoms with E-state index in [4.69, 9.17) is 13.9 Å². The van der Waals surface area contributed by atoms with Crippen molar-refractivity contribution in [2.75, 3.05) is 7.11 Å². The SMILES string of the molecule is C=CC1=CCc2cc(-c3cc(=O)cc[nH]3)ccc2O1.CC(C)(C)C(=O)C=C(O)C(C)(C)C.COc1ccnc(-c2[c-]cc3oc4ccccc4c(=O)c3c2)c1.[Ir]. The molecule has 2 N–H and O–H groups in total. The van der Waals surface area contributed by atoms with E-state index in [0.29, 0.717) is 33.4 Å². The van der Waals surface area contributed by atoms with Gasteiger partial charge in [-0.05, 0) is 83.2 Å². The molecule has 9 nitrogen and oxygen atoms in total. The van der Waals surface area contributed by atoms with Crippen LogP contribution in [0.2, 0.25) is 0 Å². The van der Waals surface area contributed by atoms with Crippen LogP contribution < -0.4 is 20.3 Å². The molecule has 0 saturated carbocycles. The Labute approximate surface area is 339 Å². The molecular weight excluding hydrogens is 885 g/mol. The summed E-state index contributed by atoms with van der Waals surface area (Å²) in [5, 5.41) is 10.6. The molecule has 0 unspecified atom stereocenters. The largest absolute Gasteiger partial charge is 0.512 e. The van der Waals surface area contributed by atoms with Crippen LogP contribution in [0, 0.1) is 16.9 Å². The number of fused-ring (bicyclic) bond motifs is 3. The Morgan fingerprint density at radius 1 is 0.946 bits per heavy atom. The van der Waals surface area contributed by atoms with Crippen molar-refractivity contribution < 1.29 is 43.9 Å². The van der Waals surface area contributed by atoms with E-state index in [9.17, 15) is 19.5 Å². The first-order valence-corrected chi connectivity index (χ1v) is 17.7. The minimum atomic E-state index is -0.417. The molecule has 0 amide bonds. The first-order chi connectivity index (χ1) is 26.1. The van der Waals surface area contributed by atoms with E-state index in [1.165, 1.54) is 12.1 Å². The minimum absolute atomic E-state index is 0. The van der Waals surface area contributed by atoms with Crippen LogP contribution in [0.1, 0.15) is 47.1 Å². The molecule has 1 radical (unpaired) electrons. The molecule has 6 aromatic rings. The van der Waals surface area contributed by atoms with Crippen LogP contribution in [0.5, 0.6) is 11.5 Å². The molecule has 4 heterocycles. The van der Waals surface area contributed by atoms with Crippen LogP contribution in [0.15, 0.2) is 142 Å². The number of aliphatic hydroxyl groups is 1. The zero-order chi connectivity index (χ0) is 39.9. The Morgan fingerprint density at radius 3 is 2.38 bits per heavy atom. The van der Waals surface area contributed by atoms with Crippen LogP contribution >= 0.6 is 0 Å². The second kappa shape index (κ2) is 18.2. The zero-order valence-electron chi connectivity index (χ0n) is 32.5. The number of methoxy groups -OCH3 is 1. The molecular formula is C46H45IrN2O7-. The predicted molar refractivity (Wildman–Crippen MR) is 218 cm³/mol. The van der Waals surface area contributed by atoms with Gasteiger partial charge in [0.15, 0.2) is 16.6 Å². The number of carbonyl (C=O) groups is 1. The van der Waals surface area contributed by atoms with Gasteiger partial charge >= 0.3 is 0 Å². The average molecular weight is 930 g/mol. The smallest absolute Gasteiger partial charge is 0.182 e. The van der Waals surface area contributed by atoms with Gasteiger partial charge in [-0.1, -0.05) is 60.3 Å². The maximum atomic E-state index is 12.7. The Kier molecular flexibility index (Phi) is 13.9. The Balaban J connectivity index is 0.000000193. The van der Waals surface area contributed by atoms with E-state index in [-0.39, 0.29) is 47.9 Å². The number of aromatic nitrogens is 2. The van der Waals surface area contributed by atoms with Gasteiger partial charge < -0.3 is 29.0 Å². The molecule has 0 saturated heterocycles. The summed E-state index contributed by atoms with van der Waals surface area (Å²) in [6.45, 7) is 14.8. The number of nitrogens with zero attached hydrogens (tertiary/aromatic N) is 1. The fourth-order valence-corrected chi connectivity index (χ4v) is 5.26. The number of pyridine rings is 2. The van der Waals surface area contributed by atoms with Crippen molar-refractivity contribution in [1.29, 1.82) is 0 Å². The molecule has 56 heavy (non-hydrogen) atoms. The molecule has 3 aromatic carbocycles. The van der Waals surface area contributed by atoms with E-state index in [1.54, 1.807) is 68.0 Å². The summed E-state index contributed by atoms with van der Waals surface area (Å²) in [5.41, 5.74) is 4.58. The van der Waals surface area contributed by atoms with Gasteiger partial charge in [0.1, 0.15) is 28.6 Å². The van der Waals surface area contributed by atoms with Gasteiger partial charge in [0.05, 0.1) is 18.1 Å². The second-order valence-electron chi connectivity index (χ2n) is 14.9. The molecule has 291 valence electrons. The molecule has 0 aliphatic carbocycles. The molecule has 3 aromatic heterocycles. The summed E-state index contributed by atoms with van der Waals surface area (Å²) in [5.74, 6) is 2.44. The van der Waals surface area contributed by atoms with Gasteiger partial charge in [0, 0.05) is 67.2 Å². The zero-order valence-corrected chi connectivity index (χ0v) is 34.9. The van der Waals surface area contributed by atoms with Crippen LogP contribution in [-0.2, 0) is 31.3 Å². The van der Waals surface area contributed by atoms with Gasteiger partial charge in [-0.15, -0.1) is 23.8 Å². The van der Waals surface area contributed by atoms with Crippen molar-refractivity contribution in [1.82, 2.24) is 9.97 Å². The number of aromatic amines is 1. The first-order valence-electron chi connectivity index (χ1n) is 17.7. The van der Waals surface area contributed by atoms with E-state index < -0.39 is 5.41 Å². The molecule has 0 spiro atoms. The number of carbonyl (C=O) groups excluding carboxylic acids is 1. The van der Waals surface area contributed by atoms with Gasteiger partial charge in [0.2, 0.25) is 0 Å². The molecule has 0 bridgehead atoms. The number of allylic oxidation sites excluding steroid dienone is 4. The third kappa shape index (κ3) is 10.7. The number of H-pyrrole nitrogens is 1. The van der Waals surface area contributed by atoms with Crippen molar-refractivity contribution in [2.45, 2.75) is 48.0 Å². The Hall–Kier alpha value is -5.83. The summed E-state index contributed by atoms with van der Waals surface area (Å²) in [7, 11) is 1.60. The van der Waals surface area contributed by atoms with Gasteiger partial charge in [-0.2, -0.15) is 0 Å². The maximum Gasteiger partial charge on any atom is 0.182 e. The molecule has 1 aliphatic rings. The summed E-state index contributed by atoms with van der Waals surface area (Å²) in [6, 6.07) is 26.4. The number of ketones is 1. The summed E-state index contributed by atoms with van der Waals surface area (Å²) >= 11 is 0. The number of aliphatic hydroxyl groups excluding tert-OH is 1. The minimum Gasteiger partial charge on any atom is -0.512 e. The Morgan fingerprint density at radius 2 is 1.70 bits per heavy atom. The Bertz CT molecular complexity index is 2550. The topological polar surface area (TPSA) is 132 Å². The first kappa shape index (κ1) is 42.9.